The van der Waals surface area contributed by atoms with E-state index in [1.807, 2.05) is 7.05 Å². The van der Waals surface area contributed by atoms with E-state index in [1.54, 1.807) is 12.3 Å². The van der Waals surface area contributed by atoms with Gasteiger partial charge in [-0.2, -0.15) is 0 Å². The van der Waals surface area contributed by atoms with E-state index in [1.165, 1.54) is 0 Å². The zero-order valence-electron chi connectivity index (χ0n) is 11.7. The van der Waals surface area contributed by atoms with Gasteiger partial charge in [-0.15, -0.1) is 11.3 Å². The molecule has 0 radical (unpaired) electrons. The minimum Gasteiger partial charge on any atom is -0.461 e. The predicted molar refractivity (Wildman–Crippen MR) is 76.1 cm³/mol. The molecule has 7 heteroatoms. The van der Waals surface area contributed by atoms with Gasteiger partial charge in [-0.05, 0) is 33.4 Å². The SMILES string of the molecule is CCOC(=O)c1nc(C(=O)NC2CCCN(C)C2)cs1. The van der Waals surface area contributed by atoms with Crippen LogP contribution in [0.2, 0.25) is 0 Å². The number of esters is 1. The third kappa shape index (κ3) is 3.77. The van der Waals surface area contributed by atoms with Crippen molar-refractivity contribution in [2.45, 2.75) is 25.8 Å². The molecule has 2 rings (SSSR count). The highest BCUT2D eigenvalue weighted by atomic mass is 32.1. The van der Waals surface area contributed by atoms with Gasteiger partial charge in [0.05, 0.1) is 6.61 Å². The zero-order chi connectivity index (χ0) is 14.5. The molecule has 2 heterocycles. The van der Waals surface area contributed by atoms with Crippen LogP contribution in [0.3, 0.4) is 0 Å². The van der Waals surface area contributed by atoms with E-state index >= 15 is 0 Å². The van der Waals surface area contributed by atoms with Crippen LogP contribution in [0.4, 0.5) is 0 Å². The van der Waals surface area contributed by atoms with Gasteiger partial charge in [0.25, 0.3) is 5.91 Å². The zero-order valence-corrected chi connectivity index (χ0v) is 12.5. The fourth-order valence-corrected chi connectivity index (χ4v) is 2.90. The number of nitrogens with one attached hydrogen (secondary N) is 1. The van der Waals surface area contributed by atoms with Crippen LogP contribution < -0.4 is 5.32 Å². The first-order valence-corrected chi connectivity index (χ1v) is 7.60. The van der Waals surface area contributed by atoms with Gasteiger partial charge < -0.3 is 15.0 Å². The van der Waals surface area contributed by atoms with Gasteiger partial charge in [-0.25, -0.2) is 9.78 Å². The van der Waals surface area contributed by atoms with Crippen molar-refractivity contribution in [2.24, 2.45) is 0 Å². The van der Waals surface area contributed by atoms with Gasteiger partial charge in [0.15, 0.2) is 0 Å². The number of aromatic nitrogens is 1. The molecule has 1 atom stereocenters. The largest absolute Gasteiger partial charge is 0.461 e. The maximum Gasteiger partial charge on any atom is 0.367 e. The van der Waals surface area contributed by atoms with Crippen molar-refractivity contribution in [1.29, 1.82) is 0 Å². The van der Waals surface area contributed by atoms with Crippen LogP contribution in [0.25, 0.3) is 0 Å². The number of nitrogens with zero attached hydrogens (tertiary/aromatic N) is 2. The molecule has 20 heavy (non-hydrogen) atoms. The second kappa shape index (κ2) is 6.81. The second-order valence-corrected chi connectivity index (χ2v) is 5.69. The van der Waals surface area contributed by atoms with Crippen molar-refractivity contribution >= 4 is 23.2 Å². The number of thiazole rings is 1. The van der Waals surface area contributed by atoms with E-state index in [9.17, 15) is 9.59 Å². The maximum atomic E-state index is 12.1. The normalized spacial score (nSPS) is 19.6. The number of likely N-dealkylation sites (N-methyl/N-ethyl adjacent to an activating group) is 1. The smallest absolute Gasteiger partial charge is 0.367 e. The number of amides is 1. The molecule has 6 nitrogen and oxygen atoms in total. The molecule has 0 aliphatic carbocycles. The summed E-state index contributed by atoms with van der Waals surface area (Å²) in [6.07, 6.45) is 2.05. The lowest BCUT2D eigenvalue weighted by molar-refractivity contribution is 0.0526. The summed E-state index contributed by atoms with van der Waals surface area (Å²) >= 11 is 1.13. The molecule has 1 aromatic heterocycles. The molecule has 1 fully saturated rings. The van der Waals surface area contributed by atoms with Crippen LogP contribution in [0.5, 0.6) is 0 Å². The summed E-state index contributed by atoms with van der Waals surface area (Å²) in [4.78, 5) is 29.8. The molecule has 0 saturated carbocycles. The average molecular weight is 297 g/mol. The topological polar surface area (TPSA) is 71.5 Å². The van der Waals surface area contributed by atoms with Crippen molar-refractivity contribution in [2.75, 3.05) is 26.7 Å². The van der Waals surface area contributed by atoms with E-state index in [2.05, 4.69) is 15.2 Å². The van der Waals surface area contributed by atoms with Crippen LogP contribution in [0, 0.1) is 0 Å². The van der Waals surface area contributed by atoms with Gasteiger partial charge in [0.2, 0.25) is 5.01 Å². The van der Waals surface area contributed by atoms with E-state index in [0.717, 1.165) is 37.3 Å². The van der Waals surface area contributed by atoms with E-state index in [-0.39, 0.29) is 22.7 Å². The minimum atomic E-state index is -0.478. The van der Waals surface area contributed by atoms with Gasteiger partial charge in [-0.3, -0.25) is 4.79 Å². The Morgan fingerprint density at radius 3 is 3.10 bits per heavy atom. The predicted octanol–water partition coefficient (Wildman–Crippen LogP) is 1.14. The highest BCUT2D eigenvalue weighted by Crippen LogP contribution is 2.13. The van der Waals surface area contributed by atoms with Crippen molar-refractivity contribution < 1.29 is 14.3 Å². The van der Waals surface area contributed by atoms with E-state index in [4.69, 9.17) is 4.74 Å². The van der Waals surface area contributed by atoms with Crippen molar-refractivity contribution in [1.82, 2.24) is 15.2 Å². The van der Waals surface area contributed by atoms with Crippen LogP contribution in [0.15, 0.2) is 5.38 Å². The molecule has 0 spiro atoms. The lowest BCUT2D eigenvalue weighted by Gasteiger charge is -2.29. The number of hydrogen-bond acceptors (Lipinski definition) is 6. The number of likely N-dealkylation sites (tertiary alicyclic amines) is 1. The van der Waals surface area contributed by atoms with E-state index in [0.29, 0.717) is 6.61 Å². The first kappa shape index (κ1) is 14.9. The van der Waals surface area contributed by atoms with Gasteiger partial charge in [-0.1, -0.05) is 0 Å². The van der Waals surface area contributed by atoms with Crippen molar-refractivity contribution in [3.05, 3.63) is 16.1 Å². The fourth-order valence-electron chi connectivity index (χ4n) is 2.21. The Kier molecular flexibility index (Phi) is 5.08. The summed E-state index contributed by atoms with van der Waals surface area (Å²) < 4.78 is 4.86. The molecule has 1 aliphatic rings. The highest BCUT2D eigenvalue weighted by Gasteiger charge is 2.22. The first-order valence-electron chi connectivity index (χ1n) is 6.72. The summed E-state index contributed by atoms with van der Waals surface area (Å²) in [6, 6.07) is 0.147. The van der Waals surface area contributed by atoms with E-state index < -0.39 is 5.97 Å². The molecule has 1 aliphatic heterocycles. The Balaban J connectivity index is 1.94. The minimum absolute atomic E-state index is 0.147. The lowest BCUT2D eigenvalue weighted by atomic mass is 10.1. The molecular weight excluding hydrogens is 278 g/mol. The average Bonchev–Trinajstić information content (AvgIpc) is 2.88. The molecule has 1 aromatic rings. The van der Waals surface area contributed by atoms with Gasteiger partial charge in [0, 0.05) is 18.0 Å². The van der Waals surface area contributed by atoms with Crippen LogP contribution in [0.1, 0.15) is 40.1 Å². The van der Waals surface area contributed by atoms with Crippen LogP contribution >= 0.6 is 11.3 Å². The molecule has 1 saturated heterocycles. The summed E-state index contributed by atoms with van der Waals surface area (Å²) in [5.74, 6) is -0.703. The summed E-state index contributed by atoms with van der Waals surface area (Å²) in [6.45, 7) is 3.95. The number of hydrogen-bond donors (Lipinski definition) is 1. The molecule has 1 unspecified atom stereocenters. The number of piperidine rings is 1. The number of carbonyl (C=O) groups is 2. The molecule has 1 amide bonds. The van der Waals surface area contributed by atoms with Gasteiger partial charge in [0.1, 0.15) is 5.69 Å². The Morgan fingerprint density at radius 2 is 2.40 bits per heavy atom. The number of carbonyl (C=O) groups excluding carboxylic acids is 2. The Bertz CT molecular complexity index is 489. The van der Waals surface area contributed by atoms with Crippen molar-refractivity contribution in [3.63, 3.8) is 0 Å². The molecule has 0 bridgehead atoms. The number of ether oxygens (including phenoxy) is 1. The summed E-state index contributed by atoms with van der Waals surface area (Å²) in [5, 5.41) is 4.77. The van der Waals surface area contributed by atoms with Crippen molar-refractivity contribution in [3.8, 4) is 0 Å². The first-order chi connectivity index (χ1) is 9.60. The fraction of sp³-hybridized carbons (Fsp3) is 0.615. The third-order valence-electron chi connectivity index (χ3n) is 3.15. The summed E-state index contributed by atoms with van der Waals surface area (Å²) in [7, 11) is 2.04. The monoisotopic (exact) mass is 297 g/mol. The molecule has 0 aromatic carbocycles. The van der Waals surface area contributed by atoms with Gasteiger partial charge >= 0.3 is 5.97 Å². The molecule has 110 valence electrons. The second-order valence-electron chi connectivity index (χ2n) is 4.83. The number of rotatable bonds is 4. The standard InChI is InChI=1S/C13H19N3O3S/c1-3-19-13(18)12-15-10(8-20-12)11(17)14-9-5-4-6-16(2)7-9/h8-9H,3-7H2,1-2H3,(H,14,17). The highest BCUT2D eigenvalue weighted by molar-refractivity contribution is 7.11. The Morgan fingerprint density at radius 1 is 1.60 bits per heavy atom. The quantitative estimate of drug-likeness (QED) is 0.844. The molecular formula is C13H19N3O3S. The van der Waals surface area contributed by atoms with Crippen LogP contribution in [-0.2, 0) is 4.74 Å². The van der Waals surface area contributed by atoms with Crippen LogP contribution in [-0.4, -0.2) is 54.5 Å². The summed E-state index contributed by atoms with van der Waals surface area (Å²) in [5.41, 5.74) is 0.284. The Hall–Kier alpha value is -1.47. The Labute approximate surface area is 122 Å². The third-order valence-corrected chi connectivity index (χ3v) is 3.97. The maximum absolute atomic E-state index is 12.1. The molecule has 1 N–H and O–H groups in total. The lowest BCUT2D eigenvalue weighted by Crippen LogP contribution is -2.46.